The highest BCUT2D eigenvalue weighted by atomic mass is 35.5. The van der Waals surface area contributed by atoms with E-state index in [9.17, 15) is 4.79 Å². The van der Waals surface area contributed by atoms with Crippen LogP contribution in [0.15, 0.2) is 60.7 Å². The molecule has 0 radical (unpaired) electrons. The Kier molecular flexibility index (Phi) is 5.18. The van der Waals surface area contributed by atoms with Gasteiger partial charge in [0.1, 0.15) is 16.8 Å². The van der Waals surface area contributed by atoms with Gasteiger partial charge in [0.05, 0.1) is 24.2 Å². The van der Waals surface area contributed by atoms with Crippen molar-refractivity contribution in [3.05, 3.63) is 76.8 Å². The standard InChI is InChI=1S/C22H19ClN4O2/c1-14-10-19-20(13-18(14)24-22(28)11-15-6-4-3-5-7-15)26-27(25-19)16-8-9-21(29-2)17(23)12-16/h3-10,12-13H,11H2,1-2H3,(H,24,28). The van der Waals surface area contributed by atoms with Crippen LogP contribution in [0.25, 0.3) is 16.7 Å². The summed E-state index contributed by atoms with van der Waals surface area (Å²) >= 11 is 6.21. The smallest absolute Gasteiger partial charge is 0.228 e. The van der Waals surface area contributed by atoms with Gasteiger partial charge in [-0.15, -0.1) is 10.2 Å². The average Bonchev–Trinajstić information content (AvgIpc) is 3.11. The van der Waals surface area contributed by atoms with Crippen LogP contribution in [0.1, 0.15) is 11.1 Å². The summed E-state index contributed by atoms with van der Waals surface area (Å²) in [5.74, 6) is 0.513. The van der Waals surface area contributed by atoms with E-state index in [1.165, 1.54) is 4.80 Å². The first-order valence-electron chi connectivity index (χ1n) is 9.09. The van der Waals surface area contributed by atoms with Crippen molar-refractivity contribution in [2.45, 2.75) is 13.3 Å². The monoisotopic (exact) mass is 406 g/mol. The van der Waals surface area contributed by atoms with Crippen LogP contribution in [-0.2, 0) is 11.2 Å². The van der Waals surface area contributed by atoms with E-state index in [2.05, 4.69) is 15.5 Å². The Morgan fingerprint density at radius 3 is 2.48 bits per heavy atom. The van der Waals surface area contributed by atoms with Crippen LogP contribution in [0.5, 0.6) is 5.75 Å². The minimum absolute atomic E-state index is 0.0759. The second-order valence-electron chi connectivity index (χ2n) is 6.67. The normalized spacial score (nSPS) is 10.9. The molecule has 7 heteroatoms. The number of carbonyl (C=O) groups is 1. The second kappa shape index (κ2) is 7.93. The van der Waals surface area contributed by atoms with Crippen LogP contribution >= 0.6 is 11.6 Å². The molecule has 1 aromatic heterocycles. The number of ether oxygens (including phenoxy) is 1. The molecule has 0 aliphatic rings. The van der Waals surface area contributed by atoms with Gasteiger partial charge in [0.25, 0.3) is 0 Å². The number of carbonyl (C=O) groups excluding carboxylic acids is 1. The van der Waals surface area contributed by atoms with Crippen LogP contribution in [-0.4, -0.2) is 28.0 Å². The number of hydrogen-bond donors (Lipinski definition) is 1. The molecule has 1 amide bonds. The molecule has 3 aromatic carbocycles. The number of amides is 1. The van der Waals surface area contributed by atoms with Gasteiger partial charge in [-0.05, 0) is 48.4 Å². The van der Waals surface area contributed by atoms with Gasteiger partial charge >= 0.3 is 0 Å². The lowest BCUT2D eigenvalue weighted by atomic mass is 10.1. The van der Waals surface area contributed by atoms with Gasteiger partial charge in [-0.1, -0.05) is 41.9 Å². The van der Waals surface area contributed by atoms with E-state index in [1.807, 2.05) is 55.5 Å². The molecule has 146 valence electrons. The average molecular weight is 407 g/mol. The van der Waals surface area contributed by atoms with E-state index < -0.39 is 0 Å². The van der Waals surface area contributed by atoms with Crippen molar-refractivity contribution in [3.63, 3.8) is 0 Å². The van der Waals surface area contributed by atoms with Gasteiger partial charge in [-0.3, -0.25) is 4.79 Å². The molecule has 0 unspecified atom stereocenters. The van der Waals surface area contributed by atoms with Crippen molar-refractivity contribution in [2.75, 3.05) is 12.4 Å². The third-order valence-electron chi connectivity index (χ3n) is 4.57. The van der Waals surface area contributed by atoms with Crippen molar-refractivity contribution in [1.82, 2.24) is 15.0 Å². The molecule has 0 aliphatic heterocycles. The van der Waals surface area contributed by atoms with Gasteiger partial charge in [-0.2, -0.15) is 4.80 Å². The van der Waals surface area contributed by atoms with Crippen molar-refractivity contribution in [1.29, 1.82) is 0 Å². The van der Waals surface area contributed by atoms with E-state index in [-0.39, 0.29) is 5.91 Å². The molecule has 0 aliphatic carbocycles. The molecule has 6 nitrogen and oxygen atoms in total. The fourth-order valence-corrected chi connectivity index (χ4v) is 3.33. The number of methoxy groups -OCH3 is 1. The molecular formula is C22H19ClN4O2. The summed E-state index contributed by atoms with van der Waals surface area (Å²) in [6.07, 6.45) is 0.315. The Bertz CT molecular complexity index is 1190. The third kappa shape index (κ3) is 4.07. The first-order chi connectivity index (χ1) is 14.0. The van der Waals surface area contributed by atoms with Crippen molar-refractivity contribution >= 4 is 34.2 Å². The van der Waals surface area contributed by atoms with E-state index >= 15 is 0 Å². The fraction of sp³-hybridized carbons (Fsp3) is 0.136. The summed E-state index contributed by atoms with van der Waals surface area (Å²) in [5.41, 5.74) is 4.73. The van der Waals surface area contributed by atoms with Crippen LogP contribution in [0.3, 0.4) is 0 Å². The Labute approximate surface area is 173 Å². The molecule has 29 heavy (non-hydrogen) atoms. The third-order valence-corrected chi connectivity index (χ3v) is 4.87. The quantitative estimate of drug-likeness (QED) is 0.527. The molecule has 0 saturated heterocycles. The first kappa shape index (κ1) is 19.0. The summed E-state index contributed by atoms with van der Waals surface area (Å²) in [6.45, 7) is 1.93. The lowest BCUT2D eigenvalue weighted by molar-refractivity contribution is -0.115. The van der Waals surface area contributed by atoms with E-state index in [1.54, 1.807) is 19.2 Å². The first-order valence-corrected chi connectivity index (χ1v) is 9.46. The van der Waals surface area contributed by atoms with Crippen LogP contribution in [0.2, 0.25) is 5.02 Å². The Balaban J connectivity index is 1.60. The minimum atomic E-state index is -0.0759. The minimum Gasteiger partial charge on any atom is -0.495 e. The lowest BCUT2D eigenvalue weighted by Gasteiger charge is -2.08. The number of nitrogens with zero attached hydrogens (tertiary/aromatic N) is 3. The zero-order chi connectivity index (χ0) is 20.4. The van der Waals surface area contributed by atoms with E-state index in [4.69, 9.17) is 16.3 Å². The molecular weight excluding hydrogens is 388 g/mol. The number of aromatic nitrogens is 3. The molecule has 0 saturated carbocycles. The number of nitrogens with one attached hydrogen (secondary N) is 1. The zero-order valence-corrected chi connectivity index (χ0v) is 16.8. The number of benzene rings is 3. The van der Waals surface area contributed by atoms with Crippen molar-refractivity contribution in [2.24, 2.45) is 0 Å². The Morgan fingerprint density at radius 2 is 1.79 bits per heavy atom. The largest absolute Gasteiger partial charge is 0.495 e. The summed E-state index contributed by atoms with van der Waals surface area (Å²) < 4.78 is 5.18. The SMILES string of the molecule is COc1ccc(-n2nc3cc(C)c(NC(=O)Cc4ccccc4)cc3n2)cc1Cl. The Hall–Kier alpha value is -3.38. The maximum atomic E-state index is 12.4. The van der Waals surface area contributed by atoms with Crippen LogP contribution in [0.4, 0.5) is 5.69 Å². The van der Waals surface area contributed by atoms with Crippen LogP contribution in [0, 0.1) is 6.92 Å². The molecule has 1 N–H and O–H groups in total. The maximum absolute atomic E-state index is 12.4. The molecule has 0 atom stereocenters. The predicted octanol–water partition coefficient (Wildman–Crippen LogP) is 4.57. The van der Waals surface area contributed by atoms with Crippen molar-refractivity contribution in [3.8, 4) is 11.4 Å². The fourth-order valence-electron chi connectivity index (χ4n) is 3.07. The number of halogens is 1. The number of fused-ring (bicyclic) bond motifs is 1. The highest BCUT2D eigenvalue weighted by Gasteiger charge is 2.12. The molecule has 4 aromatic rings. The number of rotatable bonds is 5. The van der Waals surface area contributed by atoms with Gasteiger partial charge in [0, 0.05) is 5.69 Å². The lowest BCUT2D eigenvalue weighted by Crippen LogP contribution is -2.15. The van der Waals surface area contributed by atoms with E-state index in [0.717, 1.165) is 28.0 Å². The summed E-state index contributed by atoms with van der Waals surface area (Å²) in [4.78, 5) is 13.9. The zero-order valence-electron chi connectivity index (χ0n) is 16.0. The second-order valence-corrected chi connectivity index (χ2v) is 7.08. The van der Waals surface area contributed by atoms with Crippen molar-refractivity contribution < 1.29 is 9.53 Å². The summed E-state index contributed by atoms with van der Waals surface area (Å²) in [7, 11) is 1.57. The van der Waals surface area contributed by atoms with Gasteiger partial charge in [0.2, 0.25) is 5.91 Å². The van der Waals surface area contributed by atoms with E-state index in [0.29, 0.717) is 22.7 Å². The number of anilines is 1. The molecule has 0 bridgehead atoms. The summed E-state index contributed by atoms with van der Waals surface area (Å²) in [6, 6.07) is 18.7. The number of hydrogen-bond acceptors (Lipinski definition) is 4. The van der Waals surface area contributed by atoms with Gasteiger partial charge < -0.3 is 10.1 Å². The molecule has 0 fully saturated rings. The highest BCUT2D eigenvalue weighted by Crippen LogP contribution is 2.27. The molecule has 4 rings (SSSR count). The molecule has 0 spiro atoms. The maximum Gasteiger partial charge on any atom is 0.228 e. The van der Waals surface area contributed by atoms with Gasteiger partial charge in [0.15, 0.2) is 0 Å². The summed E-state index contributed by atoms with van der Waals surface area (Å²) in [5, 5.41) is 12.5. The highest BCUT2D eigenvalue weighted by molar-refractivity contribution is 6.32. The predicted molar refractivity (Wildman–Crippen MR) is 114 cm³/mol. The number of aryl methyl sites for hydroxylation is 1. The van der Waals surface area contributed by atoms with Gasteiger partial charge in [-0.25, -0.2) is 0 Å². The topological polar surface area (TPSA) is 69.0 Å². The Morgan fingerprint density at radius 1 is 1.07 bits per heavy atom. The van der Waals surface area contributed by atoms with Crippen LogP contribution < -0.4 is 10.1 Å². The molecule has 1 heterocycles.